The Labute approximate surface area is 121 Å². The van der Waals surface area contributed by atoms with E-state index in [2.05, 4.69) is 59.6 Å². The lowest BCUT2D eigenvalue weighted by atomic mass is 10.2. The molecule has 0 radical (unpaired) electrons. The summed E-state index contributed by atoms with van der Waals surface area (Å²) in [5, 5.41) is 7.75. The van der Waals surface area contributed by atoms with Crippen LogP contribution in [0.25, 0.3) is 5.69 Å². The standard InChI is InChI=1S/C16H24N4/c1-5-19(6-2)15-7-9-16(10-8-15)20-12-14(11-17-4)13(3)18-20/h7-10,12,17H,5-6,11H2,1-4H3. The van der Waals surface area contributed by atoms with Crippen LogP contribution in [0.5, 0.6) is 0 Å². The number of hydrogen-bond donors (Lipinski definition) is 1. The number of hydrogen-bond acceptors (Lipinski definition) is 3. The van der Waals surface area contributed by atoms with Crippen LogP contribution in [0.3, 0.4) is 0 Å². The number of aryl methyl sites for hydroxylation is 1. The second-order valence-corrected chi connectivity index (χ2v) is 4.90. The van der Waals surface area contributed by atoms with Crippen molar-refractivity contribution >= 4 is 5.69 Å². The quantitative estimate of drug-likeness (QED) is 0.878. The Morgan fingerprint density at radius 1 is 1.15 bits per heavy atom. The predicted octanol–water partition coefficient (Wildman–Crippen LogP) is 2.75. The maximum Gasteiger partial charge on any atom is 0.0647 e. The Bertz CT molecular complexity index is 538. The first-order valence-corrected chi connectivity index (χ1v) is 7.24. The number of aromatic nitrogens is 2. The smallest absolute Gasteiger partial charge is 0.0647 e. The van der Waals surface area contributed by atoms with Crippen molar-refractivity contribution < 1.29 is 0 Å². The summed E-state index contributed by atoms with van der Waals surface area (Å²) in [4.78, 5) is 2.34. The summed E-state index contributed by atoms with van der Waals surface area (Å²) < 4.78 is 1.95. The van der Waals surface area contributed by atoms with Gasteiger partial charge >= 0.3 is 0 Å². The van der Waals surface area contributed by atoms with E-state index in [0.29, 0.717) is 0 Å². The summed E-state index contributed by atoms with van der Waals surface area (Å²) >= 11 is 0. The average Bonchev–Trinajstić information content (AvgIpc) is 2.83. The van der Waals surface area contributed by atoms with Crippen molar-refractivity contribution in [3.8, 4) is 5.69 Å². The van der Waals surface area contributed by atoms with E-state index in [0.717, 1.165) is 31.0 Å². The number of anilines is 1. The van der Waals surface area contributed by atoms with Crippen LogP contribution in [0.2, 0.25) is 0 Å². The molecule has 0 atom stereocenters. The molecule has 2 rings (SSSR count). The zero-order chi connectivity index (χ0) is 14.5. The third-order valence-electron chi connectivity index (χ3n) is 3.61. The molecule has 0 spiro atoms. The van der Waals surface area contributed by atoms with Crippen LogP contribution in [-0.2, 0) is 6.54 Å². The van der Waals surface area contributed by atoms with Gasteiger partial charge in [-0.15, -0.1) is 0 Å². The fraction of sp³-hybridized carbons (Fsp3) is 0.438. The first-order valence-electron chi connectivity index (χ1n) is 7.24. The highest BCUT2D eigenvalue weighted by atomic mass is 15.3. The lowest BCUT2D eigenvalue weighted by Gasteiger charge is -2.21. The Balaban J connectivity index is 2.23. The molecule has 0 aliphatic heterocycles. The Morgan fingerprint density at radius 3 is 2.35 bits per heavy atom. The maximum absolute atomic E-state index is 4.58. The van der Waals surface area contributed by atoms with Crippen molar-refractivity contribution in [1.82, 2.24) is 15.1 Å². The maximum atomic E-state index is 4.58. The Hall–Kier alpha value is -1.81. The van der Waals surface area contributed by atoms with Gasteiger partial charge in [0.1, 0.15) is 0 Å². The molecule has 20 heavy (non-hydrogen) atoms. The minimum Gasteiger partial charge on any atom is -0.372 e. The molecule has 108 valence electrons. The fourth-order valence-corrected chi connectivity index (χ4v) is 2.40. The number of benzene rings is 1. The van der Waals surface area contributed by atoms with Gasteiger partial charge in [0.15, 0.2) is 0 Å². The van der Waals surface area contributed by atoms with E-state index < -0.39 is 0 Å². The van der Waals surface area contributed by atoms with Gasteiger partial charge in [-0.3, -0.25) is 0 Å². The molecule has 0 amide bonds. The van der Waals surface area contributed by atoms with Crippen LogP contribution >= 0.6 is 0 Å². The lowest BCUT2D eigenvalue weighted by Crippen LogP contribution is -2.21. The van der Waals surface area contributed by atoms with Crippen LogP contribution in [0.4, 0.5) is 5.69 Å². The second kappa shape index (κ2) is 6.57. The van der Waals surface area contributed by atoms with E-state index in [4.69, 9.17) is 0 Å². The highest BCUT2D eigenvalue weighted by Crippen LogP contribution is 2.18. The minimum absolute atomic E-state index is 0.851. The molecule has 0 saturated carbocycles. The molecule has 2 aromatic rings. The third-order valence-corrected chi connectivity index (χ3v) is 3.61. The predicted molar refractivity (Wildman–Crippen MR) is 84.6 cm³/mol. The molecule has 0 aliphatic carbocycles. The van der Waals surface area contributed by atoms with Crippen LogP contribution in [0.15, 0.2) is 30.5 Å². The summed E-state index contributed by atoms with van der Waals surface area (Å²) in [6.07, 6.45) is 2.10. The molecule has 4 heteroatoms. The van der Waals surface area contributed by atoms with Crippen molar-refractivity contribution in [2.45, 2.75) is 27.3 Å². The van der Waals surface area contributed by atoms with Gasteiger partial charge in [0.2, 0.25) is 0 Å². The first-order chi connectivity index (χ1) is 9.69. The summed E-state index contributed by atoms with van der Waals surface area (Å²) in [5.74, 6) is 0. The summed E-state index contributed by atoms with van der Waals surface area (Å²) in [6, 6.07) is 8.58. The van der Waals surface area contributed by atoms with Gasteiger partial charge in [-0.25, -0.2) is 4.68 Å². The van der Waals surface area contributed by atoms with Crippen molar-refractivity contribution in [2.75, 3.05) is 25.0 Å². The van der Waals surface area contributed by atoms with Crippen LogP contribution in [0.1, 0.15) is 25.1 Å². The van der Waals surface area contributed by atoms with Crippen LogP contribution in [-0.4, -0.2) is 29.9 Å². The molecular weight excluding hydrogens is 248 g/mol. The van der Waals surface area contributed by atoms with Crippen LogP contribution in [0, 0.1) is 6.92 Å². The fourth-order valence-electron chi connectivity index (χ4n) is 2.40. The Kier molecular flexibility index (Phi) is 4.79. The largest absolute Gasteiger partial charge is 0.372 e. The topological polar surface area (TPSA) is 33.1 Å². The Morgan fingerprint density at radius 2 is 1.80 bits per heavy atom. The lowest BCUT2D eigenvalue weighted by molar-refractivity contribution is 0.812. The van der Waals surface area contributed by atoms with Gasteiger partial charge in [-0.1, -0.05) is 0 Å². The second-order valence-electron chi connectivity index (χ2n) is 4.90. The summed E-state index contributed by atoms with van der Waals surface area (Å²) in [6.45, 7) is 9.32. The molecule has 0 bridgehead atoms. The van der Waals surface area contributed by atoms with Gasteiger partial charge in [0.25, 0.3) is 0 Å². The molecular formula is C16H24N4. The molecule has 0 saturated heterocycles. The van der Waals surface area contributed by atoms with Crippen LogP contribution < -0.4 is 10.2 Å². The molecule has 0 unspecified atom stereocenters. The van der Waals surface area contributed by atoms with E-state index in [9.17, 15) is 0 Å². The summed E-state index contributed by atoms with van der Waals surface area (Å²) in [5.41, 5.74) is 4.68. The minimum atomic E-state index is 0.851. The first kappa shape index (κ1) is 14.6. The molecule has 1 aromatic heterocycles. The molecule has 0 aliphatic rings. The monoisotopic (exact) mass is 272 g/mol. The zero-order valence-corrected chi connectivity index (χ0v) is 12.8. The normalized spacial score (nSPS) is 10.8. The third kappa shape index (κ3) is 3.02. The average molecular weight is 272 g/mol. The highest BCUT2D eigenvalue weighted by molar-refractivity contribution is 5.50. The highest BCUT2D eigenvalue weighted by Gasteiger charge is 2.06. The van der Waals surface area contributed by atoms with E-state index in [1.807, 2.05) is 18.7 Å². The number of nitrogens with one attached hydrogen (secondary N) is 1. The van der Waals surface area contributed by atoms with Crippen molar-refractivity contribution in [2.24, 2.45) is 0 Å². The van der Waals surface area contributed by atoms with E-state index >= 15 is 0 Å². The van der Waals surface area contributed by atoms with E-state index in [1.54, 1.807) is 0 Å². The van der Waals surface area contributed by atoms with Crippen molar-refractivity contribution in [1.29, 1.82) is 0 Å². The number of nitrogens with zero attached hydrogens (tertiary/aromatic N) is 3. The van der Waals surface area contributed by atoms with Gasteiger partial charge in [0, 0.05) is 37.1 Å². The molecule has 1 aromatic carbocycles. The molecule has 4 nitrogen and oxygen atoms in total. The molecule has 1 N–H and O–H groups in total. The van der Waals surface area contributed by atoms with Gasteiger partial charge in [-0.05, 0) is 52.1 Å². The van der Waals surface area contributed by atoms with E-state index in [-0.39, 0.29) is 0 Å². The summed E-state index contributed by atoms with van der Waals surface area (Å²) in [7, 11) is 1.95. The van der Waals surface area contributed by atoms with Gasteiger partial charge < -0.3 is 10.2 Å². The molecule has 0 fully saturated rings. The van der Waals surface area contributed by atoms with Gasteiger partial charge in [0.05, 0.1) is 11.4 Å². The van der Waals surface area contributed by atoms with Crippen molar-refractivity contribution in [3.63, 3.8) is 0 Å². The number of rotatable bonds is 6. The van der Waals surface area contributed by atoms with E-state index in [1.165, 1.54) is 11.3 Å². The van der Waals surface area contributed by atoms with Gasteiger partial charge in [-0.2, -0.15) is 5.10 Å². The zero-order valence-electron chi connectivity index (χ0n) is 12.8. The van der Waals surface area contributed by atoms with Crippen molar-refractivity contribution in [3.05, 3.63) is 41.7 Å². The molecule has 1 heterocycles. The SMILES string of the molecule is CCN(CC)c1ccc(-n2cc(CNC)c(C)n2)cc1.